The molecule has 0 spiro atoms. The average molecular weight is 220 g/mol. The lowest BCUT2D eigenvalue weighted by Crippen LogP contribution is -2.21. The Morgan fingerprint density at radius 2 is 1.88 bits per heavy atom. The molecule has 0 bridgehead atoms. The first-order valence-corrected chi connectivity index (χ1v) is 5.80. The summed E-state index contributed by atoms with van der Waals surface area (Å²) < 4.78 is 12.7. The highest BCUT2D eigenvalue weighted by Gasteiger charge is 2.18. The van der Waals surface area contributed by atoms with E-state index in [1.165, 1.54) is 37.8 Å². The van der Waals surface area contributed by atoms with E-state index in [-0.39, 0.29) is 5.82 Å². The number of nitrogens with zero attached hydrogens (tertiary/aromatic N) is 1. The van der Waals surface area contributed by atoms with Gasteiger partial charge in [-0.05, 0) is 30.5 Å². The van der Waals surface area contributed by atoms with Gasteiger partial charge in [0.2, 0.25) is 0 Å². The van der Waals surface area contributed by atoms with Crippen molar-refractivity contribution in [1.82, 2.24) is 0 Å². The summed E-state index contributed by atoms with van der Waals surface area (Å²) in [6.45, 7) is 0.558. The highest BCUT2D eigenvalue weighted by Crippen LogP contribution is 2.24. The van der Waals surface area contributed by atoms with Crippen LogP contribution in [0.5, 0.6) is 0 Å². The van der Waals surface area contributed by atoms with Crippen molar-refractivity contribution in [2.75, 3.05) is 0 Å². The van der Waals surface area contributed by atoms with Crippen LogP contribution in [0.3, 0.4) is 0 Å². The Kier molecular flexibility index (Phi) is 3.54. The van der Waals surface area contributed by atoms with Crippen LogP contribution < -0.4 is 5.73 Å². The minimum absolute atomic E-state index is 0.212. The van der Waals surface area contributed by atoms with E-state index in [0.717, 1.165) is 11.4 Å². The third kappa shape index (κ3) is 2.81. The van der Waals surface area contributed by atoms with Crippen LogP contribution in [0.1, 0.15) is 31.2 Å². The second kappa shape index (κ2) is 5.10. The summed E-state index contributed by atoms with van der Waals surface area (Å²) in [4.78, 5) is 4.38. The summed E-state index contributed by atoms with van der Waals surface area (Å²) in [5.74, 6) is 1.03. The summed E-state index contributed by atoms with van der Waals surface area (Å²) >= 11 is 0. The molecule has 0 aromatic heterocycles. The fraction of sp³-hybridized carbons (Fsp3) is 0.462. The lowest BCUT2D eigenvalue weighted by atomic mass is 10.1. The Hall–Kier alpha value is -1.38. The number of halogens is 1. The Labute approximate surface area is 95.4 Å². The maximum Gasteiger partial charge on any atom is 0.123 e. The first kappa shape index (κ1) is 11.1. The van der Waals surface area contributed by atoms with Crippen LogP contribution in [0.2, 0.25) is 0 Å². The zero-order chi connectivity index (χ0) is 11.4. The van der Waals surface area contributed by atoms with E-state index >= 15 is 0 Å². The number of aliphatic imine (C=N–C) groups is 1. The summed E-state index contributed by atoms with van der Waals surface area (Å²) in [5.41, 5.74) is 6.93. The minimum atomic E-state index is -0.212. The molecule has 1 aliphatic rings. The van der Waals surface area contributed by atoms with Crippen molar-refractivity contribution in [2.24, 2.45) is 16.6 Å². The van der Waals surface area contributed by atoms with Crippen LogP contribution in [0.15, 0.2) is 29.3 Å². The highest BCUT2D eigenvalue weighted by atomic mass is 19.1. The van der Waals surface area contributed by atoms with E-state index in [0.29, 0.717) is 12.5 Å². The summed E-state index contributed by atoms with van der Waals surface area (Å²) in [7, 11) is 0. The number of nitrogens with two attached hydrogens (primary N) is 1. The SMILES string of the molecule is NC(=NCc1ccc(F)cc1)C1CCCC1. The molecule has 16 heavy (non-hydrogen) atoms. The maximum atomic E-state index is 12.7. The molecule has 2 rings (SSSR count). The topological polar surface area (TPSA) is 38.4 Å². The Balaban J connectivity index is 1.94. The fourth-order valence-corrected chi connectivity index (χ4v) is 2.12. The third-order valence-electron chi connectivity index (χ3n) is 3.13. The van der Waals surface area contributed by atoms with Gasteiger partial charge in [-0.1, -0.05) is 25.0 Å². The smallest absolute Gasteiger partial charge is 0.123 e. The van der Waals surface area contributed by atoms with Gasteiger partial charge >= 0.3 is 0 Å². The Morgan fingerprint density at radius 3 is 2.50 bits per heavy atom. The quantitative estimate of drug-likeness (QED) is 0.617. The van der Waals surface area contributed by atoms with Gasteiger partial charge in [0.25, 0.3) is 0 Å². The van der Waals surface area contributed by atoms with E-state index in [1.807, 2.05) is 0 Å². The first-order valence-electron chi connectivity index (χ1n) is 5.80. The molecule has 0 radical (unpaired) electrons. The number of hydrogen-bond acceptors (Lipinski definition) is 1. The fourth-order valence-electron chi connectivity index (χ4n) is 2.12. The molecule has 2 N–H and O–H groups in total. The van der Waals surface area contributed by atoms with E-state index in [4.69, 9.17) is 5.73 Å². The van der Waals surface area contributed by atoms with Gasteiger partial charge in [0.1, 0.15) is 5.82 Å². The van der Waals surface area contributed by atoms with Crippen molar-refractivity contribution in [1.29, 1.82) is 0 Å². The predicted molar refractivity (Wildman–Crippen MR) is 63.7 cm³/mol. The van der Waals surface area contributed by atoms with E-state index in [9.17, 15) is 4.39 Å². The molecule has 1 aromatic rings. The molecule has 3 heteroatoms. The lowest BCUT2D eigenvalue weighted by molar-refractivity contribution is 0.627. The van der Waals surface area contributed by atoms with Crippen LogP contribution in [-0.2, 0) is 6.54 Å². The van der Waals surface area contributed by atoms with Gasteiger partial charge in [-0.25, -0.2) is 4.39 Å². The van der Waals surface area contributed by atoms with Crippen LogP contribution in [0.4, 0.5) is 4.39 Å². The number of benzene rings is 1. The van der Waals surface area contributed by atoms with E-state index in [2.05, 4.69) is 4.99 Å². The zero-order valence-corrected chi connectivity index (χ0v) is 9.32. The number of rotatable bonds is 3. The minimum Gasteiger partial charge on any atom is -0.387 e. The number of amidine groups is 1. The van der Waals surface area contributed by atoms with E-state index in [1.54, 1.807) is 12.1 Å². The molecular formula is C13H17FN2. The molecule has 2 nitrogen and oxygen atoms in total. The van der Waals surface area contributed by atoms with Gasteiger partial charge in [-0.2, -0.15) is 0 Å². The van der Waals surface area contributed by atoms with Crippen molar-refractivity contribution < 1.29 is 4.39 Å². The van der Waals surface area contributed by atoms with E-state index < -0.39 is 0 Å². The van der Waals surface area contributed by atoms with Crippen molar-refractivity contribution in [3.63, 3.8) is 0 Å². The first-order chi connectivity index (χ1) is 7.75. The lowest BCUT2D eigenvalue weighted by Gasteiger charge is -2.07. The third-order valence-corrected chi connectivity index (χ3v) is 3.13. The van der Waals surface area contributed by atoms with Gasteiger partial charge < -0.3 is 5.73 Å². The van der Waals surface area contributed by atoms with Gasteiger partial charge in [-0.15, -0.1) is 0 Å². The van der Waals surface area contributed by atoms with Crippen molar-refractivity contribution in [3.8, 4) is 0 Å². The maximum absolute atomic E-state index is 12.7. The second-order valence-electron chi connectivity index (χ2n) is 4.35. The molecule has 1 fully saturated rings. The molecule has 0 saturated heterocycles. The largest absolute Gasteiger partial charge is 0.387 e. The zero-order valence-electron chi connectivity index (χ0n) is 9.32. The molecule has 1 aliphatic carbocycles. The molecule has 0 unspecified atom stereocenters. The molecule has 0 heterocycles. The summed E-state index contributed by atoms with van der Waals surface area (Å²) in [6.07, 6.45) is 4.85. The second-order valence-corrected chi connectivity index (χ2v) is 4.35. The molecule has 0 amide bonds. The highest BCUT2D eigenvalue weighted by molar-refractivity contribution is 5.83. The Morgan fingerprint density at radius 1 is 1.25 bits per heavy atom. The molecule has 86 valence electrons. The van der Waals surface area contributed by atoms with Crippen molar-refractivity contribution in [3.05, 3.63) is 35.6 Å². The predicted octanol–water partition coefficient (Wildman–Crippen LogP) is 2.87. The van der Waals surface area contributed by atoms with Crippen molar-refractivity contribution in [2.45, 2.75) is 32.2 Å². The number of hydrogen-bond donors (Lipinski definition) is 1. The Bertz CT molecular complexity index is 364. The molecule has 0 aliphatic heterocycles. The molecule has 1 saturated carbocycles. The standard InChI is InChI=1S/C13H17FN2/c14-12-7-5-10(6-8-12)9-16-13(15)11-3-1-2-4-11/h5-8,11H,1-4,9H2,(H2,15,16). The monoisotopic (exact) mass is 220 g/mol. The van der Waals surface area contributed by atoms with Crippen LogP contribution in [0, 0.1) is 11.7 Å². The molecule has 0 atom stereocenters. The van der Waals surface area contributed by atoms with Crippen LogP contribution >= 0.6 is 0 Å². The van der Waals surface area contributed by atoms with Gasteiger partial charge in [0, 0.05) is 5.92 Å². The molecule has 1 aromatic carbocycles. The van der Waals surface area contributed by atoms with Gasteiger partial charge in [-0.3, -0.25) is 4.99 Å². The van der Waals surface area contributed by atoms with Crippen molar-refractivity contribution >= 4 is 5.84 Å². The summed E-state index contributed by atoms with van der Waals surface area (Å²) in [6, 6.07) is 6.41. The molecular weight excluding hydrogens is 203 g/mol. The van der Waals surface area contributed by atoms with Gasteiger partial charge in [0.05, 0.1) is 12.4 Å². The van der Waals surface area contributed by atoms with Gasteiger partial charge in [0.15, 0.2) is 0 Å². The van der Waals surface area contributed by atoms with Crippen LogP contribution in [0.25, 0.3) is 0 Å². The van der Waals surface area contributed by atoms with Crippen LogP contribution in [-0.4, -0.2) is 5.84 Å². The average Bonchev–Trinajstić information content (AvgIpc) is 2.81. The summed E-state index contributed by atoms with van der Waals surface area (Å²) in [5, 5.41) is 0. The normalized spacial score (nSPS) is 17.9.